The van der Waals surface area contributed by atoms with Crippen molar-refractivity contribution in [3.05, 3.63) is 41.2 Å². The van der Waals surface area contributed by atoms with Crippen LogP contribution >= 0.6 is 0 Å². The Morgan fingerprint density at radius 1 is 1.26 bits per heavy atom. The van der Waals surface area contributed by atoms with Gasteiger partial charge in [-0.1, -0.05) is 12.1 Å². The molecule has 0 saturated carbocycles. The van der Waals surface area contributed by atoms with Gasteiger partial charge in [0.25, 0.3) is 5.91 Å². The van der Waals surface area contributed by atoms with Crippen LogP contribution in [0.5, 0.6) is 0 Å². The summed E-state index contributed by atoms with van der Waals surface area (Å²) < 4.78 is 38.4. The fraction of sp³-hybridized carbons (Fsp3) is 0.500. The number of hydrogen-bond donors (Lipinski definition) is 2. The van der Waals surface area contributed by atoms with Crippen molar-refractivity contribution in [2.75, 3.05) is 18.4 Å². The summed E-state index contributed by atoms with van der Waals surface area (Å²) in [5.74, 6) is 0.979. The summed E-state index contributed by atoms with van der Waals surface area (Å²) in [5, 5.41) is 10.4. The lowest BCUT2D eigenvalue weighted by Crippen LogP contribution is -2.27. The van der Waals surface area contributed by atoms with Crippen molar-refractivity contribution >= 4 is 11.9 Å². The summed E-state index contributed by atoms with van der Waals surface area (Å²) in [4.78, 5) is 16.8. The van der Waals surface area contributed by atoms with Crippen molar-refractivity contribution in [2.24, 2.45) is 7.05 Å². The number of aryl methyl sites for hydroxylation is 2. The van der Waals surface area contributed by atoms with Gasteiger partial charge in [-0.15, -0.1) is 0 Å². The Bertz CT molecular complexity index is 779. The molecule has 0 radical (unpaired) electrons. The number of nitrogens with zero attached hydrogens (tertiary/aromatic N) is 3. The number of halogens is 3. The van der Waals surface area contributed by atoms with E-state index in [2.05, 4.69) is 20.7 Å². The van der Waals surface area contributed by atoms with E-state index in [1.807, 2.05) is 0 Å². The molecule has 0 atom stereocenters. The number of aromatic nitrogens is 3. The van der Waals surface area contributed by atoms with Crippen molar-refractivity contribution in [1.29, 1.82) is 0 Å². The van der Waals surface area contributed by atoms with E-state index in [0.29, 0.717) is 17.1 Å². The second-order valence-electron chi connectivity index (χ2n) is 6.71. The molecule has 0 unspecified atom stereocenters. The summed E-state index contributed by atoms with van der Waals surface area (Å²) >= 11 is 0. The van der Waals surface area contributed by atoms with Crippen molar-refractivity contribution in [3.8, 4) is 0 Å². The van der Waals surface area contributed by atoms with Crippen molar-refractivity contribution in [1.82, 2.24) is 20.1 Å². The van der Waals surface area contributed by atoms with E-state index in [1.165, 1.54) is 28.9 Å². The number of carbonyl (C=O) groups is 1. The summed E-state index contributed by atoms with van der Waals surface area (Å²) in [7, 11) is 1.72. The molecule has 2 aromatic rings. The lowest BCUT2D eigenvalue weighted by molar-refractivity contribution is -0.134. The van der Waals surface area contributed by atoms with Gasteiger partial charge < -0.3 is 5.32 Å². The zero-order valence-corrected chi connectivity index (χ0v) is 15.0. The molecule has 3 rings (SSSR count). The van der Waals surface area contributed by atoms with Gasteiger partial charge in [-0.25, -0.2) is 4.68 Å². The quantitative estimate of drug-likeness (QED) is 0.835. The van der Waals surface area contributed by atoms with Crippen LogP contribution in [0.25, 0.3) is 0 Å². The highest BCUT2D eigenvalue weighted by Gasteiger charge is 2.26. The van der Waals surface area contributed by atoms with Crippen LogP contribution in [0.3, 0.4) is 0 Å². The second kappa shape index (κ2) is 8.08. The first kappa shape index (κ1) is 19.3. The minimum atomic E-state index is -4.19. The second-order valence-corrected chi connectivity index (χ2v) is 6.71. The van der Waals surface area contributed by atoms with Crippen LogP contribution in [0, 0.1) is 0 Å². The molecule has 9 heteroatoms. The largest absolute Gasteiger partial charge is 0.389 e. The fourth-order valence-electron chi connectivity index (χ4n) is 3.05. The number of amides is 1. The van der Waals surface area contributed by atoms with Crippen molar-refractivity contribution in [3.63, 3.8) is 0 Å². The number of anilines is 1. The van der Waals surface area contributed by atoms with Crippen molar-refractivity contribution < 1.29 is 18.0 Å². The Hall–Kier alpha value is -2.42. The van der Waals surface area contributed by atoms with Crippen molar-refractivity contribution in [2.45, 2.75) is 37.8 Å². The summed E-state index contributed by atoms with van der Waals surface area (Å²) in [6, 6.07) is 6.12. The maximum absolute atomic E-state index is 12.4. The highest BCUT2D eigenvalue weighted by Crippen LogP contribution is 2.24. The summed E-state index contributed by atoms with van der Waals surface area (Å²) in [5.41, 5.74) is 0.896. The van der Waals surface area contributed by atoms with Gasteiger partial charge in [-0.3, -0.25) is 10.1 Å². The van der Waals surface area contributed by atoms with Gasteiger partial charge in [0.2, 0.25) is 5.95 Å². The predicted molar refractivity (Wildman–Crippen MR) is 94.6 cm³/mol. The molecule has 2 heterocycles. The van der Waals surface area contributed by atoms with Gasteiger partial charge >= 0.3 is 6.18 Å². The van der Waals surface area contributed by atoms with E-state index in [0.717, 1.165) is 31.8 Å². The lowest BCUT2D eigenvalue weighted by Gasteiger charge is -2.19. The van der Waals surface area contributed by atoms with E-state index in [1.54, 1.807) is 7.05 Å². The van der Waals surface area contributed by atoms with E-state index in [4.69, 9.17) is 0 Å². The van der Waals surface area contributed by atoms with Gasteiger partial charge in [0, 0.05) is 24.9 Å². The van der Waals surface area contributed by atoms with E-state index < -0.39 is 12.6 Å². The molecule has 1 fully saturated rings. The maximum Gasteiger partial charge on any atom is 0.389 e. The zero-order chi connectivity index (χ0) is 19.4. The Kier molecular flexibility index (Phi) is 5.79. The van der Waals surface area contributed by atoms with Gasteiger partial charge in [0.15, 0.2) is 5.82 Å². The SMILES string of the molecule is Cn1nc(C2CCNCC2)nc1NC(=O)c1ccc(CCC(F)(F)F)cc1. The molecule has 1 saturated heterocycles. The number of nitrogens with one attached hydrogen (secondary N) is 2. The Balaban J connectivity index is 1.62. The summed E-state index contributed by atoms with van der Waals surface area (Å²) in [6.45, 7) is 1.84. The van der Waals surface area contributed by atoms with Crippen LogP contribution in [0.4, 0.5) is 19.1 Å². The van der Waals surface area contributed by atoms with E-state index in [9.17, 15) is 18.0 Å². The first-order chi connectivity index (χ1) is 12.8. The van der Waals surface area contributed by atoms with E-state index in [-0.39, 0.29) is 18.2 Å². The molecule has 27 heavy (non-hydrogen) atoms. The number of benzene rings is 1. The molecule has 1 aliphatic rings. The molecule has 0 spiro atoms. The maximum atomic E-state index is 12.4. The Morgan fingerprint density at radius 2 is 1.93 bits per heavy atom. The minimum absolute atomic E-state index is 0.103. The van der Waals surface area contributed by atoms with Crippen LogP contribution in [0.1, 0.15) is 46.9 Å². The normalized spacial score (nSPS) is 15.7. The average Bonchev–Trinajstić information content (AvgIpc) is 3.01. The van der Waals surface area contributed by atoms with Gasteiger partial charge in [-0.2, -0.15) is 23.3 Å². The standard InChI is InChI=1S/C18H22F3N5O/c1-26-17(23-15(25-26)13-7-10-22-11-8-13)24-16(27)14-4-2-12(3-5-14)6-9-18(19,20)21/h2-5,13,22H,6-11H2,1H3,(H,23,24,25,27). The molecule has 1 aromatic heterocycles. The first-order valence-electron chi connectivity index (χ1n) is 8.90. The molecular weight excluding hydrogens is 359 g/mol. The Labute approximate surface area is 155 Å². The van der Waals surface area contributed by atoms with E-state index >= 15 is 0 Å². The smallest absolute Gasteiger partial charge is 0.317 e. The molecule has 146 valence electrons. The van der Waals surface area contributed by atoms with Crippen LogP contribution in [-0.4, -0.2) is 39.9 Å². The third kappa shape index (κ3) is 5.29. The minimum Gasteiger partial charge on any atom is -0.317 e. The highest BCUT2D eigenvalue weighted by molar-refractivity contribution is 6.03. The van der Waals surface area contributed by atoms with Gasteiger partial charge in [0.05, 0.1) is 0 Å². The van der Waals surface area contributed by atoms with Crippen LogP contribution < -0.4 is 10.6 Å². The number of rotatable bonds is 5. The molecular formula is C18H22F3N5O. The first-order valence-corrected chi connectivity index (χ1v) is 8.90. The molecule has 1 amide bonds. The van der Waals surface area contributed by atoms with Gasteiger partial charge in [-0.05, 0) is 50.0 Å². The summed E-state index contributed by atoms with van der Waals surface area (Å²) in [6.07, 6.45) is -3.26. The Morgan fingerprint density at radius 3 is 2.56 bits per heavy atom. The van der Waals surface area contributed by atoms with Crippen LogP contribution in [0.2, 0.25) is 0 Å². The van der Waals surface area contributed by atoms with Crippen LogP contribution in [0.15, 0.2) is 24.3 Å². The third-order valence-corrected chi connectivity index (χ3v) is 4.62. The predicted octanol–water partition coefficient (Wildman–Crippen LogP) is 3.03. The number of carbonyl (C=O) groups excluding carboxylic acids is 1. The molecule has 1 aliphatic heterocycles. The lowest BCUT2D eigenvalue weighted by atomic mass is 9.98. The number of alkyl halides is 3. The average molecular weight is 381 g/mol. The third-order valence-electron chi connectivity index (χ3n) is 4.62. The fourth-order valence-corrected chi connectivity index (χ4v) is 3.05. The highest BCUT2D eigenvalue weighted by atomic mass is 19.4. The molecule has 6 nitrogen and oxygen atoms in total. The monoisotopic (exact) mass is 381 g/mol. The topological polar surface area (TPSA) is 71.8 Å². The zero-order valence-electron chi connectivity index (χ0n) is 15.0. The molecule has 0 bridgehead atoms. The van der Waals surface area contributed by atoms with Crippen LogP contribution in [-0.2, 0) is 13.5 Å². The van der Waals surface area contributed by atoms with Gasteiger partial charge in [0.1, 0.15) is 0 Å². The molecule has 0 aliphatic carbocycles. The molecule has 1 aromatic carbocycles. The molecule has 2 N–H and O–H groups in total. The number of piperidine rings is 1. The number of hydrogen-bond acceptors (Lipinski definition) is 4.